The van der Waals surface area contributed by atoms with E-state index >= 15 is 0 Å². The topological polar surface area (TPSA) is 15.3 Å². The molecule has 0 bridgehead atoms. The highest BCUT2D eigenvalue weighted by Crippen LogP contribution is 2.25. The van der Waals surface area contributed by atoms with Crippen LogP contribution in [0.3, 0.4) is 0 Å². The molecule has 0 spiro atoms. The molecule has 1 heterocycles. The van der Waals surface area contributed by atoms with Gasteiger partial charge in [-0.15, -0.1) is 0 Å². The van der Waals surface area contributed by atoms with Gasteiger partial charge in [0.25, 0.3) is 0 Å². The molecule has 1 fully saturated rings. The largest absolute Gasteiger partial charge is 0.359 e. The minimum Gasteiger partial charge on any atom is -0.359 e. The molecule has 1 aliphatic rings. The second-order valence-electron chi connectivity index (χ2n) is 5.60. The van der Waals surface area contributed by atoms with Crippen molar-refractivity contribution in [1.82, 2.24) is 4.90 Å². The summed E-state index contributed by atoms with van der Waals surface area (Å²) in [6, 6.07) is 6.57. The van der Waals surface area contributed by atoms with E-state index in [1.165, 1.54) is 48.4 Å². The Bertz CT molecular complexity index is 408. The molecule has 1 aromatic carbocycles. The van der Waals surface area contributed by atoms with Gasteiger partial charge in [0.15, 0.2) is 0 Å². The first-order valence-corrected chi connectivity index (χ1v) is 6.77. The summed E-state index contributed by atoms with van der Waals surface area (Å²) < 4.78 is 0. The maximum atomic E-state index is 4.23. The van der Waals surface area contributed by atoms with Crippen LogP contribution < -0.4 is 5.32 Å². The zero-order valence-corrected chi connectivity index (χ0v) is 11.8. The van der Waals surface area contributed by atoms with E-state index in [0.717, 1.165) is 0 Å². The Kier molecular flexibility index (Phi) is 4.07. The highest BCUT2D eigenvalue weighted by Gasteiger charge is 2.19. The molecule has 1 saturated heterocycles. The smallest absolute Gasteiger partial charge is 0.0387 e. The van der Waals surface area contributed by atoms with Gasteiger partial charge in [-0.1, -0.05) is 12.6 Å². The van der Waals surface area contributed by atoms with Crippen LogP contribution in [0, 0.1) is 19.8 Å². The molecule has 0 radical (unpaired) electrons. The minimum atomic E-state index is 0.613. The van der Waals surface area contributed by atoms with Crippen molar-refractivity contribution in [2.24, 2.45) is 5.92 Å². The van der Waals surface area contributed by atoms with Crippen LogP contribution in [0.1, 0.15) is 24.0 Å². The van der Waals surface area contributed by atoms with Gasteiger partial charge < -0.3 is 10.2 Å². The number of hydrogen-bond acceptors (Lipinski definition) is 2. The van der Waals surface area contributed by atoms with Crippen LogP contribution in [0.5, 0.6) is 0 Å². The molecule has 98 valence electrons. The summed E-state index contributed by atoms with van der Waals surface area (Å²) >= 11 is 0. The number of aryl methyl sites for hydroxylation is 2. The van der Waals surface area contributed by atoms with Crippen LogP contribution in [0.2, 0.25) is 0 Å². The summed E-state index contributed by atoms with van der Waals surface area (Å²) in [5.74, 6) is 0.613. The van der Waals surface area contributed by atoms with E-state index in [1.54, 1.807) is 0 Å². The number of hydrogen-bond donors (Lipinski definition) is 1. The highest BCUT2D eigenvalue weighted by atomic mass is 15.1. The summed E-state index contributed by atoms with van der Waals surface area (Å²) in [6.07, 6.45) is 2.43. The molecule has 2 rings (SSSR count). The second kappa shape index (κ2) is 5.57. The van der Waals surface area contributed by atoms with Crippen LogP contribution in [-0.4, -0.2) is 25.0 Å². The zero-order chi connectivity index (χ0) is 13.1. The zero-order valence-electron chi connectivity index (χ0n) is 11.8. The number of rotatable bonds is 3. The van der Waals surface area contributed by atoms with Crippen molar-refractivity contribution in [1.29, 1.82) is 0 Å². The van der Waals surface area contributed by atoms with Gasteiger partial charge in [0.05, 0.1) is 0 Å². The number of anilines is 1. The SMILES string of the molecule is C=C(Nc1cc(C)cc(C)c1)C1CCN(C)CC1. The van der Waals surface area contributed by atoms with E-state index in [1.807, 2.05) is 0 Å². The van der Waals surface area contributed by atoms with E-state index in [0.29, 0.717) is 5.92 Å². The Labute approximate surface area is 111 Å². The summed E-state index contributed by atoms with van der Waals surface area (Å²) in [4.78, 5) is 2.39. The van der Waals surface area contributed by atoms with Gasteiger partial charge >= 0.3 is 0 Å². The molecule has 1 aromatic rings. The molecule has 0 aliphatic carbocycles. The van der Waals surface area contributed by atoms with Crippen molar-refractivity contribution in [3.05, 3.63) is 41.6 Å². The molecule has 0 atom stereocenters. The molecular formula is C16H24N2. The Balaban J connectivity index is 1.98. The van der Waals surface area contributed by atoms with Gasteiger partial charge in [0.2, 0.25) is 0 Å². The third-order valence-corrected chi connectivity index (χ3v) is 3.74. The van der Waals surface area contributed by atoms with Gasteiger partial charge in [-0.2, -0.15) is 0 Å². The van der Waals surface area contributed by atoms with Crippen molar-refractivity contribution in [3.8, 4) is 0 Å². The van der Waals surface area contributed by atoms with Crippen LogP contribution in [0.25, 0.3) is 0 Å². The average Bonchev–Trinajstić information content (AvgIpc) is 2.28. The normalized spacial score (nSPS) is 17.7. The molecule has 0 amide bonds. The predicted molar refractivity (Wildman–Crippen MR) is 78.9 cm³/mol. The van der Waals surface area contributed by atoms with E-state index < -0.39 is 0 Å². The molecule has 18 heavy (non-hydrogen) atoms. The van der Waals surface area contributed by atoms with E-state index in [-0.39, 0.29) is 0 Å². The fourth-order valence-corrected chi connectivity index (χ4v) is 2.69. The Hall–Kier alpha value is -1.28. The van der Waals surface area contributed by atoms with Gasteiger partial charge in [-0.25, -0.2) is 0 Å². The number of likely N-dealkylation sites (tertiary alicyclic amines) is 1. The average molecular weight is 244 g/mol. The van der Waals surface area contributed by atoms with E-state index in [4.69, 9.17) is 0 Å². The van der Waals surface area contributed by atoms with Crippen molar-refractivity contribution in [2.75, 3.05) is 25.5 Å². The lowest BCUT2D eigenvalue weighted by Gasteiger charge is -2.30. The van der Waals surface area contributed by atoms with Crippen molar-refractivity contribution in [3.63, 3.8) is 0 Å². The first-order chi connectivity index (χ1) is 8.54. The third kappa shape index (κ3) is 3.36. The van der Waals surface area contributed by atoms with Gasteiger partial charge in [0.1, 0.15) is 0 Å². The Morgan fingerprint density at radius 1 is 1.17 bits per heavy atom. The number of allylic oxidation sites excluding steroid dienone is 1. The van der Waals surface area contributed by atoms with Crippen molar-refractivity contribution in [2.45, 2.75) is 26.7 Å². The second-order valence-corrected chi connectivity index (χ2v) is 5.60. The van der Waals surface area contributed by atoms with Crippen LogP contribution in [-0.2, 0) is 0 Å². The summed E-state index contributed by atoms with van der Waals surface area (Å²) in [6.45, 7) is 10.9. The van der Waals surface area contributed by atoms with Crippen LogP contribution in [0.4, 0.5) is 5.69 Å². The lowest BCUT2D eigenvalue weighted by atomic mass is 9.94. The highest BCUT2D eigenvalue weighted by molar-refractivity contribution is 5.52. The van der Waals surface area contributed by atoms with Crippen LogP contribution >= 0.6 is 0 Å². The molecular weight excluding hydrogens is 220 g/mol. The first-order valence-electron chi connectivity index (χ1n) is 6.77. The quantitative estimate of drug-likeness (QED) is 0.874. The maximum Gasteiger partial charge on any atom is 0.0387 e. The summed E-state index contributed by atoms with van der Waals surface area (Å²) in [5.41, 5.74) is 4.95. The number of benzene rings is 1. The van der Waals surface area contributed by atoms with E-state index in [9.17, 15) is 0 Å². The lowest BCUT2D eigenvalue weighted by Crippen LogP contribution is -2.31. The molecule has 1 N–H and O–H groups in total. The fourth-order valence-electron chi connectivity index (χ4n) is 2.69. The number of nitrogens with one attached hydrogen (secondary N) is 1. The minimum absolute atomic E-state index is 0.613. The van der Waals surface area contributed by atoms with Crippen molar-refractivity contribution >= 4 is 5.69 Å². The predicted octanol–water partition coefficient (Wildman–Crippen LogP) is 3.57. The third-order valence-electron chi connectivity index (χ3n) is 3.74. The Morgan fingerprint density at radius 2 is 1.72 bits per heavy atom. The Morgan fingerprint density at radius 3 is 2.28 bits per heavy atom. The summed E-state index contributed by atoms with van der Waals surface area (Å²) in [5, 5.41) is 3.50. The number of piperidine rings is 1. The van der Waals surface area contributed by atoms with Gasteiger partial charge in [-0.3, -0.25) is 0 Å². The molecule has 0 saturated carbocycles. The molecule has 2 nitrogen and oxygen atoms in total. The lowest BCUT2D eigenvalue weighted by molar-refractivity contribution is 0.239. The molecule has 2 heteroatoms. The first kappa shape index (κ1) is 13.2. The monoisotopic (exact) mass is 244 g/mol. The standard InChI is InChI=1S/C16H24N2/c1-12-9-13(2)11-16(10-12)17-14(3)15-5-7-18(4)8-6-15/h9-11,15,17H,3,5-8H2,1-2,4H3. The van der Waals surface area contributed by atoms with Gasteiger partial charge in [0, 0.05) is 17.3 Å². The van der Waals surface area contributed by atoms with Gasteiger partial charge in [-0.05, 0) is 70.1 Å². The molecule has 0 aromatic heterocycles. The summed E-state index contributed by atoms with van der Waals surface area (Å²) in [7, 11) is 2.19. The fraction of sp³-hybridized carbons (Fsp3) is 0.500. The number of nitrogens with zero attached hydrogens (tertiary/aromatic N) is 1. The molecule has 1 aliphatic heterocycles. The maximum absolute atomic E-state index is 4.23. The van der Waals surface area contributed by atoms with Crippen LogP contribution in [0.15, 0.2) is 30.5 Å². The van der Waals surface area contributed by atoms with Crippen molar-refractivity contribution < 1.29 is 0 Å². The molecule has 0 unspecified atom stereocenters. The van der Waals surface area contributed by atoms with E-state index in [2.05, 4.69) is 55.9 Å².